The van der Waals surface area contributed by atoms with E-state index in [1.807, 2.05) is 24.0 Å². The number of piperazine rings is 1. The number of anilines is 1. The number of hydrogen-bond donors (Lipinski definition) is 1. The smallest absolute Gasteiger partial charge is 0.255 e. The van der Waals surface area contributed by atoms with Crippen molar-refractivity contribution in [2.75, 3.05) is 31.9 Å². The molecule has 178 valence electrons. The molecule has 2 aliphatic heterocycles. The first kappa shape index (κ1) is 23.3. The van der Waals surface area contributed by atoms with Crippen LogP contribution in [0.25, 0.3) is 11.3 Å². The van der Waals surface area contributed by atoms with Gasteiger partial charge in [-0.1, -0.05) is 36.4 Å². The van der Waals surface area contributed by atoms with Crippen molar-refractivity contribution in [3.63, 3.8) is 0 Å². The van der Waals surface area contributed by atoms with Crippen molar-refractivity contribution in [3.8, 4) is 23.1 Å². The van der Waals surface area contributed by atoms with Gasteiger partial charge in [-0.3, -0.25) is 9.69 Å². The zero-order valence-electron chi connectivity index (χ0n) is 19.7. The van der Waals surface area contributed by atoms with Crippen LogP contribution in [-0.2, 0) is 6.42 Å². The van der Waals surface area contributed by atoms with Gasteiger partial charge in [-0.25, -0.2) is 15.0 Å². The lowest BCUT2D eigenvalue weighted by Gasteiger charge is -2.37. The van der Waals surface area contributed by atoms with E-state index in [0.29, 0.717) is 34.6 Å². The number of carbonyl (C=O) groups is 1. The molecular weight excluding hydrogens is 460 g/mol. The second kappa shape index (κ2) is 10.0. The molecule has 1 aromatic carbocycles. The maximum atomic E-state index is 13.3. The lowest BCUT2D eigenvalue weighted by Crippen LogP contribution is -2.52. The fraction of sp³-hybridized carbons (Fsp3) is 0.333. The van der Waals surface area contributed by atoms with Crippen molar-refractivity contribution in [3.05, 3.63) is 70.3 Å². The Morgan fingerprint density at radius 1 is 1.14 bits per heavy atom. The van der Waals surface area contributed by atoms with E-state index in [0.717, 1.165) is 55.0 Å². The van der Waals surface area contributed by atoms with Gasteiger partial charge in [-0.15, -0.1) is 0 Å². The molecule has 2 saturated heterocycles. The minimum absolute atomic E-state index is 0.0131. The number of carbonyl (C=O) groups excluding carboxylic acids is 1. The highest BCUT2D eigenvalue weighted by Crippen LogP contribution is 2.29. The average molecular weight is 487 g/mol. The molecular formula is C27H27ClN6O. The minimum Gasteiger partial charge on any atom is -0.384 e. The maximum Gasteiger partial charge on any atom is 0.255 e. The zero-order chi connectivity index (χ0) is 24.4. The summed E-state index contributed by atoms with van der Waals surface area (Å²) in [5.41, 5.74) is 10.0. The Morgan fingerprint density at radius 2 is 2.03 bits per heavy atom. The van der Waals surface area contributed by atoms with Crippen LogP contribution in [0.2, 0.25) is 5.02 Å². The molecule has 7 nitrogen and oxygen atoms in total. The summed E-state index contributed by atoms with van der Waals surface area (Å²) in [4.78, 5) is 30.7. The molecule has 4 heterocycles. The predicted molar refractivity (Wildman–Crippen MR) is 137 cm³/mol. The van der Waals surface area contributed by atoms with Crippen LogP contribution < -0.4 is 5.73 Å². The zero-order valence-corrected chi connectivity index (χ0v) is 20.4. The highest BCUT2D eigenvalue weighted by molar-refractivity contribution is 6.34. The third-order valence-corrected chi connectivity index (χ3v) is 7.04. The van der Waals surface area contributed by atoms with Crippen molar-refractivity contribution >= 4 is 23.3 Å². The number of halogens is 1. The van der Waals surface area contributed by atoms with E-state index >= 15 is 0 Å². The Morgan fingerprint density at radius 3 is 2.80 bits per heavy atom. The Bertz CT molecular complexity index is 1310. The van der Waals surface area contributed by atoms with E-state index in [9.17, 15) is 4.79 Å². The van der Waals surface area contributed by atoms with Crippen LogP contribution >= 0.6 is 11.6 Å². The molecule has 1 atom stereocenters. The van der Waals surface area contributed by atoms with Crippen molar-refractivity contribution in [2.24, 2.45) is 0 Å². The summed E-state index contributed by atoms with van der Waals surface area (Å²) in [5, 5.41) is 0.416. The summed E-state index contributed by atoms with van der Waals surface area (Å²) in [6.07, 6.45) is 6.25. The molecule has 3 aromatic rings. The summed E-state index contributed by atoms with van der Waals surface area (Å²) >= 11 is 6.66. The molecule has 2 aromatic heterocycles. The Hall–Kier alpha value is -3.47. The number of amides is 1. The topological polar surface area (TPSA) is 88.2 Å². The Kier molecular flexibility index (Phi) is 6.67. The summed E-state index contributed by atoms with van der Waals surface area (Å²) in [5.74, 6) is 6.79. The van der Waals surface area contributed by atoms with E-state index < -0.39 is 0 Å². The number of pyridine rings is 1. The van der Waals surface area contributed by atoms with Crippen LogP contribution in [0.3, 0.4) is 0 Å². The van der Waals surface area contributed by atoms with Gasteiger partial charge in [0.1, 0.15) is 12.1 Å². The highest BCUT2D eigenvalue weighted by Gasteiger charge is 2.33. The van der Waals surface area contributed by atoms with Gasteiger partial charge in [0.05, 0.1) is 27.5 Å². The van der Waals surface area contributed by atoms with E-state index in [1.165, 1.54) is 12.7 Å². The molecule has 0 aliphatic carbocycles. The molecule has 0 unspecified atom stereocenters. The number of aromatic nitrogens is 3. The van der Waals surface area contributed by atoms with Gasteiger partial charge in [-0.05, 0) is 50.1 Å². The van der Waals surface area contributed by atoms with Gasteiger partial charge in [0.25, 0.3) is 5.91 Å². The van der Waals surface area contributed by atoms with Crippen LogP contribution in [0.1, 0.15) is 46.9 Å². The largest absolute Gasteiger partial charge is 0.384 e. The quantitative estimate of drug-likeness (QED) is 0.568. The van der Waals surface area contributed by atoms with Gasteiger partial charge >= 0.3 is 0 Å². The molecule has 0 saturated carbocycles. The molecule has 0 spiro atoms. The van der Waals surface area contributed by atoms with Crippen LogP contribution in [0, 0.1) is 11.8 Å². The summed E-state index contributed by atoms with van der Waals surface area (Å²) in [7, 11) is 0. The third kappa shape index (κ3) is 4.86. The lowest BCUT2D eigenvalue weighted by atomic mass is 10.0. The van der Waals surface area contributed by atoms with E-state index in [-0.39, 0.29) is 5.91 Å². The van der Waals surface area contributed by atoms with E-state index in [4.69, 9.17) is 17.3 Å². The summed E-state index contributed by atoms with van der Waals surface area (Å²) in [6.45, 7) is 5.60. The predicted octanol–water partition coefficient (Wildman–Crippen LogP) is 3.66. The number of benzene rings is 1. The highest BCUT2D eigenvalue weighted by atomic mass is 35.5. The molecule has 0 bridgehead atoms. The summed E-state index contributed by atoms with van der Waals surface area (Å²) < 4.78 is 0. The number of rotatable bonds is 3. The van der Waals surface area contributed by atoms with E-state index in [2.05, 4.69) is 31.7 Å². The first-order valence-electron chi connectivity index (χ1n) is 11.9. The van der Waals surface area contributed by atoms with Crippen molar-refractivity contribution in [1.29, 1.82) is 0 Å². The van der Waals surface area contributed by atoms with Crippen molar-refractivity contribution in [1.82, 2.24) is 24.8 Å². The number of nitrogens with zero attached hydrogens (tertiary/aromatic N) is 5. The van der Waals surface area contributed by atoms with Gasteiger partial charge in [0.15, 0.2) is 0 Å². The maximum absolute atomic E-state index is 13.3. The standard InChI is InChI=1S/C27H27ClN6O/c1-2-24-22(8-5-18-6-10-25(29)30-15-18)26(32-17-31-24)19-7-9-21(23(28)14-19)27(35)34-13-12-33-11-3-4-20(33)16-34/h6-7,9-10,14-15,17,20H,2-4,11-13,16H2,1H3,(H2,29,30)/t20-/m0/s1. The first-order valence-corrected chi connectivity index (χ1v) is 12.3. The number of fused-ring (bicyclic) bond motifs is 1. The average Bonchev–Trinajstić information content (AvgIpc) is 3.36. The first-order chi connectivity index (χ1) is 17.0. The van der Waals surface area contributed by atoms with Gasteiger partial charge in [0, 0.05) is 43.0 Å². The molecule has 5 rings (SSSR count). The van der Waals surface area contributed by atoms with Crippen LogP contribution in [-0.4, -0.2) is 62.9 Å². The van der Waals surface area contributed by atoms with Crippen LogP contribution in [0.4, 0.5) is 5.82 Å². The lowest BCUT2D eigenvalue weighted by molar-refractivity contribution is 0.0571. The van der Waals surface area contributed by atoms with Gasteiger partial charge in [0.2, 0.25) is 0 Å². The number of nitrogens with two attached hydrogens (primary N) is 1. The second-order valence-electron chi connectivity index (χ2n) is 8.90. The van der Waals surface area contributed by atoms with Gasteiger partial charge in [-0.2, -0.15) is 0 Å². The minimum atomic E-state index is -0.0131. The molecule has 0 radical (unpaired) electrons. The Labute approximate surface area is 210 Å². The number of hydrogen-bond acceptors (Lipinski definition) is 6. The number of nitrogen functional groups attached to an aromatic ring is 1. The second-order valence-corrected chi connectivity index (χ2v) is 9.30. The third-order valence-electron chi connectivity index (χ3n) is 6.73. The molecule has 2 N–H and O–H groups in total. The van der Waals surface area contributed by atoms with Crippen LogP contribution in [0.5, 0.6) is 0 Å². The molecule has 8 heteroatoms. The Balaban J connectivity index is 1.44. The SMILES string of the molecule is CCc1ncnc(-c2ccc(C(=O)N3CCN4CCC[C@H]4C3)c(Cl)c2)c1C#Cc1ccc(N)nc1. The fourth-order valence-corrected chi connectivity index (χ4v) is 5.10. The molecule has 1 amide bonds. The van der Waals surface area contributed by atoms with Crippen molar-refractivity contribution < 1.29 is 4.79 Å². The van der Waals surface area contributed by atoms with Crippen molar-refractivity contribution in [2.45, 2.75) is 32.2 Å². The van der Waals surface area contributed by atoms with Gasteiger partial charge < -0.3 is 10.6 Å². The monoisotopic (exact) mass is 486 g/mol. The normalized spacial score (nSPS) is 17.5. The summed E-state index contributed by atoms with van der Waals surface area (Å²) in [6, 6.07) is 9.51. The fourth-order valence-electron chi connectivity index (χ4n) is 4.84. The molecule has 35 heavy (non-hydrogen) atoms. The molecule has 2 fully saturated rings. The van der Waals surface area contributed by atoms with E-state index in [1.54, 1.807) is 24.4 Å². The molecule has 2 aliphatic rings. The van der Waals surface area contributed by atoms with Crippen LogP contribution in [0.15, 0.2) is 42.9 Å². The number of aryl methyl sites for hydroxylation is 1.